The third-order valence-corrected chi connectivity index (χ3v) is 3.76. The van der Waals surface area contributed by atoms with Crippen molar-refractivity contribution in [2.24, 2.45) is 5.73 Å². The molecule has 3 aromatic rings. The summed E-state index contributed by atoms with van der Waals surface area (Å²) in [6.07, 6.45) is 1.77. The van der Waals surface area contributed by atoms with Crippen LogP contribution in [0.4, 0.5) is 0 Å². The van der Waals surface area contributed by atoms with E-state index in [4.69, 9.17) is 33.7 Å². The van der Waals surface area contributed by atoms with Gasteiger partial charge in [0.05, 0.1) is 28.5 Å². The van der Waals surface area contributed by atoms with Crippen LogP contribution >= 0.6 is 23.2 Å². The number of pyridine rings is 1. The SMILES string of the molecule is COc1cccc(-c2nc3c(Cl)cc(Cl)cn3c2CN)c1. The van der Waals surface area contributed by atoms with Gasteiger partial charge in [0.15, 0.2) is 5.65 Å². The van der Waals surface area contributed by atoms with E-state index in [1.807, 2.05) is 28.7 Å². The number of nitrogens with two attached hydrogens (primary N) is 1. The lowest BCUT2D eigenvalue weighted by Gasteiger charge is -2.05. The molecule has 108 valence electrons. The Morgan fingerprint density at radius 3 is 2.81 bits per heavy atom. The van der Waals surface area contributed by atoms with E-state index in [1.54, 1.807) is 19.4 Å². The van der Waals surface area contributed by atoms with E-state index in [2.05, 4.69) is 4.98 Å². The largest absolute Gasteiger partial charge is 0.497 e. The van der Waals surface area contributed by atoms with Crippen molar-refractivity contribution in [3.05, 3.63) is 52.3 Å². The highest BCUT2D eigenvalue weighted by molar-refractivity contribution is 6.36. The zero-order valence-corrected chi connectivity index (χ0v) is 12.8. The number of fused-ring (bicyclic) bond motifs is 1. The van der Waals surface area contributed by atoms with Gasteiger partial charge < -0.3 is 10.5 Å². The van der Waals surface area contributed by atoms with Crippen LogP contribution in [-0.4, -0.2) is 16.5 Å². The molecule has 2 aromatic heterocycles. The van der Waals surface area contributed by atoms with Gasteiger partial charge in [0, 0.05) is 18.3 Å². The molecule has 3 rings (SSSR count). The fourth-order valence-corrected chi connectivity index (χ4v) is 2.83. The second-order valence-electron chi connectivity index (χ2n) is 4.54. The molecule has 0 bridgehead atoms. The fourth-order valence-electron chi connectivity index (χ4n) is 2.32. The third-order valence-electron chi connectivity index (χ3n) is 3.28. The third kappa shape index (κ3) is 2.46. The highest BCUT2D eigenvalue weighted by Crippen LogP contribution is 2.30. The highest BCUT2D eigenvalue weighted by Gasteiger charge is 2.16. The van der Waals surface area contributed by atoms with Gasteiger partial charge in [-0.15, -0.1) is 0 Å². The fraction of sp³-hybridized carbons (Fsp3) is 0.133. The number of ether oxygens (including phenoxy) is 1. The van der Waals surface area contributed by atoms with Gasteiger partial charge in [-0.1, -0.05) is 35.3 Å². The minimum Gasteiger partial charge on any atom is -0.497 e. The van der Waals surface area contributed by atoms with Crippen molar-refractivity contribution >= 4 is 28.8 Å². The maximum absolute atomic E-state index is 6.22. The molecule has 0 atom stereocenters. The van der Waals surface area contributed by atoms with Gasteiger partial charge in [0.25, 0.3) is 0 Å². The zero-order valence-electron chi connectivity index (χ0n) is 11.3. The summed E-state index contributed by atoms with van der Waals surface area (Å²) >= 11 is 12.3. The van der Waals surface area contributed by atoms with Crippen molar-refractivity contribution in [3.63, 3.8) is 0 Å². The normalized spacial score (nSPS) is 11.0. The minimum absolute atomic E-state index is 0.324. The number of imidazole rings is 1. The van der Waals surface area contributed by atoms with E-state index in [9.17, 15) is 0 Å². The molecule has 2 N–H and O–H groups in total. The Hall–Kier alpha value is -1.75. The maximum atomic E-state index is 6.22. The first-order valence-corrected chi connectivity index (χ1v) is 7.10. The smallest absolute Gasteiger partial charge is 0.156 e. The van der Waals surface area contributed by atoms with E-state index < -0.39 is 0 Å². The summed E-state index contributed by atoms with van der Waals surface area (Å²) in [5.41, 5.74) is 9.08. The van der Waals surface area contributed by atoms with Crippen molar-refractivity contribution < 1.29 is 4.74 Å². The Bertz CT molecular complexity index is 814. The van der Waals surface area contributed by atoms with Gasteiger partial charge in [-0.25, -0.2) is 4.98 Å². The van der Waals surface area contributed by atoms with E-state index in [1.165, 1.54) is 0 Å². The van der Waals surface area contributed by atoms with Gasteiger partial charge in [-0.3, -0.25) is 4.40 Å². The van der Waals surface area contributed by atoms with Crippen LogP contribution in [0.3, 0.4) is 0 Å². The van der Waals surface area contributed by atoms with E-state index in [0.29, 0.717) is 22.2 Å². The summed E-state index contributed by atoms with van der Waals surface area (Å²) in [6, 6.07) is 9.33. The Morgan fingerprint density at radius 1 is 1.29 bits per heavy atom. The van der Waals surface area contributed by atoms with Crippen LogP contribution < -0.4 is 10.5 Å². The average molecular weight is 322 g/mol. The molecule has 0 saturated carbocycles. The molecule has 0 aliphatic heterocycles. The lowest BCUT2D eigenvalue weighted by Crippen LogP contribution is -2.02. The molecule has 6 heteroatoms. The first-order valence-electron chi connectivity index (χ1n) is 6.34. The van der Waals surface area contributed by atoms with Crippen LogP contribution in [-0.2, 0) is 6.54 Å². The highest BCUT2D eigenvalue weighted by atomic mass is 35.5. The summed E-state index contributed by atoms with van der Waals surface area (Å²) in [5, 5.41) is 1.03. The molecular weight excluding hydrogens is 309 g/mol. The van der Waals surface area contributed by atoms with Crippen molar-refractivity contribution in [3.8, 4) is 17.0 Å². The molecule has 2 heterocycles. The van der Waals surface area contributed by atoms with Crippen LogP contribution in [0.2, 0.25) is 10.0 Å². The topological polar surface area (TPSA) is 52.5 Å². The van der Waals surface area contributed by atoms with E-state index in [-0.39, 0.29) is 0 Å². The van der Waals surface area contributed by atoms with Crippen molar-refractivity contribution in [1.82, 2.24) is 9.38 Å². The first-order chi connectivity index (χ1) is 10.1. The van der Waals surface area contributed by atoms with Crippen LogP contribution in [0.25, 0.3) is 16.9 Å². The minimum atomic E-state index is 0.324. The summed E-state index contributed by atoms with van der Waals surface area (Å²) in [7, 11) is 1.63. The van der Waals surface area contributed by atoms with Gasteiger partial charge in [0.2, 0.25) is 0 Å². The molecule has 1 aromatic carbocycles. The Labute approximate surface area is 132 Å². The lowest BCUT2D eigenvalue weighted by molar-refractivity contribution is 0.415. The molecule has 0 fully saturated rings. The van der Waals surface area contributed by atoms with Crippen LogP contribution in [0.15, 0.2) is 36.5 Å². The Kier molecular flexibility index (Phi) is 3.76. The zero-order chi connectivity index (χ0) is 15.0. The molecule has 0 unspecified atom stereocenters. The second-order valence-corrected chi connectivity index (χ2v) is 5.39. The van der Waals surface area contributed by atoms with Gasteiger partial charge in [0.1, 0.15) is 5.75 Å². The monoisotopic (exact) mass is 321 g/mol. The predicted octanol–water partition coefficient (Wildman–Crippen LogP) is 3.78. The number of aromatic nitrogens is 2. The maximum Gasteiger partial charge on any atom is 0.156 e. The van der Waals surface area contributed by atoms with Crippen molar-refractivity contribution in [1.29, 1.82) is 0 Å². The van der Waals surface area contributed by atoms with E-state index in [0.717, 1.165) is 22.7 Å². The molecule has 0 aliphatic carbocycles. The number of rotatable bonds is 3. The summed E-state index contributed by atoms with van der Waals surface area (Å²) < 4.78 is 7.09. The number of benzene rings is 1. The number of nitrogens with zero attached hydrogens (tertiary/aromatic N) is 2. The van der Waals surface area contributed by atoms with Gasteiger partial charge in [-0.05, 0) is 18.2 Å². The summed E-state index contributed by atoms with van der Waals surface area (Å²) in [4.78, 5) is 4.61. The van der Waals surface area contributed by atoms with Crippen molar-refractivity contribution in [2.75, 3.05) is 7.11 Å². The molecule has 4 nitrogen and oxygen atoms in total. The van der Waals surface area contributed by atoms with E-state index >= 15 is 0 Å². The summed E-state index contributed by atoms with van der Waals surface area (Å²) in [6.45, 7) is 0.324. The first kappa shape index (κ1) is 14.2. The quantitative estimate of drug-likeness (QED) is 0.798. The van der Waals surface area contributed by atoms with Gasteiger partial charge in [-0.2, -0.15) is 0 Å². The molecule has 0 radical (unpaired) electrons. The Morgan fingerprint density at radius 2 is 2.10 bits per heavy atom. The molecule has 0 spiro atoms. The number of hydrogen-bond donors (Lipinski definition) is 1. The second kappa shape index (κ2) is 5.56. The van der Waals surface area contributed by atoms with Crippen LogP contribution in [0, 0.1) is 0 Å². The van der Waals surface area contributed by atoms with Crippen LogP contribution in [0.1, 0.15) is 5.69 Å². The molecule has 0 saturated heterocycles. The summed E-state index contributed by atoms with van der Waals surface area (Å²) in [5.74, 6) is 0.761. The number of halogens is 2. The average Bonchev–Trinajstić information content (AvgIpc) is 2.86. The molecular formula is C15H13Cl2N3O. The molecule has 0 amide bonds. The lowest BCUT2D eigenvalue weighted by atomic mass is 10.1. The van der Waals surface area contributed by atoms with Crippen molar-refractivity contribution in [2.45, 2.75) is 6.54 Å². The Balaban J connectivity index is 2.29. The molecule has 0 aliphatic rings. The standard InChI is InChI=1S/C15H13Cl2N3O/c1-21-11-4-2-3-9(5-11)14-13(7-18)20-8-10(16)6-12(17)15(20)19-14/h2-6,8H,7,18H2,1H3. The number of hydrogen-bond acceptors (Lipinski definition) is 3. The predicted molar refractivity (Wildman–Crippen MR) is 85.1 cm³/mol. The van der Waals surface area contributed by atoms with Gasteiger partial charge >= 0.3 is 0 Å². The number of methoxy groups -OCH3 is 1. The molecule has 21 heavy (non-hydrogen) atoms. The van der Waals surface area contributed by atoms with Crippen LogP contribution in [0.5, 0.6) is 5.75 Å².